The molecule has 2 aliphatic heterocycles. The number of hydrogen-bond donors (Lipinski definition) is 3. The van der Waals surface area contributed by atoms with Crippen molar-refractivity contribution in [3.05, 3.63) is 0 Å². The van der Waals surface area contributed by atoms with Gasteiger partial charge in [0, 0.05) is 25.7 Å². The normalized spacial score (nSPS) is 25.5. The van der Waals surface area contributed by atoms with E-state index in [1.165, 1.54) is 4.90 Å². The number of nitrogens with zero attached hydrogens (tertiary/aromatic N) is 1. The van der Waals surface area contributed by atoms with Crippen LogP contribution in [0.25, 0.3) is 0 Å². The topological polar surface area (TPSA) is 90.9 Å². The molecule has 0 aliphatic carbocycles. The lowest BCUT2D eigenvalue weighted by Gasteiger charge is -2.30. The van der Waals surface area contributed by atoms with Gasteiger partial charge in [-0.1, -0.05) is 0 Å². The van der Waals surface area contributed by atoms with Gasteiger partial charge in [0.05, 0.1) is 6.54 Å². The Kier molecular flexibility index (Phi) is 3.68. The molecular formula is C10H17N3O4. The standard InChI is InChI=1S/C10H17N3O4/c14-9-12-6-8(17-9)5-11-7-1-3-13(4-2-7)10(15)16/h7-8,11H,1-6H2,(H,12,14)(H,15,16)/t8-/m1/s1. The fraction of sp³-hybridized carbons (Fsp3) is 0.800. The lowest BCUT2D eigenvalue weighted by Crippen LogP contribution is -2.46. The van der Waals surface area contributed by atoms with E-state index in [9.17, 15) is 9.59 Å². The molecule has 3 N–H and O–H groups in total. The van der Waals surface area contributed by atoms with Crippen LogP contribution in [0, 0.1) is 0 Å². The van der Waals surface area contributed by atoms with Crippen molar-refractivity contribution >= 4 is 12.2 Å². The predicted octanol–water partition coefficient (Wildman–Crippen LogP) is -0.173. The molecule has 2 fully saturated rings. The van der Waals surface area contributed by atoms with Gasteiger partial charge in [0.25, 0.3) is 0 Å². The second kappa shape index (κ2) is 5.22. The van der Waals surface area contributed by atoms with Gasteiger partial charge in [-0.15, -0.1) is 0 Å². The summed E-state index contributed by atoms with van der Waals surface area (Å²) in [4.78, 5) is 22.9. The van der Waals surface area contributed by atoms with E-state index in [1.807, 2.05) is 0 Å². The smallest absolute Gasteiger partial charge is 0.407 e. The van der Waals surface area contributed by atoms with E-state index in [0.717, 1.165) is 12.8 Å². The van der Waals surface area contributed by atoms with Crippen molar-refractivity contribution < 1.29 is 19.4 Å². The first kappa shape index (κ1) is 12.0. The molecule has 7 heteroatoms. The van der Waals surface area contributed by atoms with E-state index in [4.69, 9.17) is 9.84 Å². The van der Waals surface area contributed by atoms with Crippen LogP contribution in [0.1, 0.15) is 12.8 Å². The highest BCUT2D eigenvalue weighted by Crippen LogP contribution is 2.10. The van der Waals surface area contributed by atoms with Crippen molar-refractivity contribution in [3.8, 4) is 0 Å². The van der Waals surface area contributed by atoms with Crippen molar-refractivity contribution in [1.29, 1.82) is 0 Å². The van der Waals surface area contributed by atoms with E-state index in [0.29, 0.717) is 32.2 Å². The van der Waals surface area contributed by atoms with Crippen LogP contribution in [-0.2, 0) is 4.74 Å². The number of carboxylic acid groups (broad SMARTS) is 1. The van der Waals surface area contributed by atoms with Gasteiger partial charge in [-0.05, 0) is 12.8 Å². The van der Waals surface area contributed by atoms with Crippen LogP contribution >= 0.6 is 0 Å². The van der Waals surface area contributed by atoms with Crippen molar-refractivity contribution in [2.45, 2.75) is 25.0 Å². The van der Waals surface area contributed by atoms with Gasteiger partial charge in [0.2, 0.25) is 0 Å². The number of rotatable bonds is 3. The number of alkyl carbamates (subject to hydrolysis) is 1. The Morgan fingerprint density at radius 3 is 2.76 bits per heavy atom. The number of piperidine rings is 1. The third kappa shape index (κ3) is 3.23. The summed E-state index contributed by atoms with van der Waals surface area (Å²) in [5, 5.41) is 14.7. The first-order valence-corrected chi connectivity index (χ1v) is 5.81. The molecule has 0 unspecified atom stereocenters. The number of carbonyl (C=O) groups excluding carboxylic acids is 1. The summed E-state index contributed by atoms with van der Waals surface area (Å²) in [6.07, 6.45) is 0.288. The van der Waals surface area contributed by atoms with Crippen molar-refractivity contribution in [3.63, 3.8) is 0 Å². The summed E-state index contributed by atoms with van der Waals surface area (Å²) in [6, 6.07) is 0.310. The van der Waals surface area contributed by atoms with Crippen LogP contribution < -0.4 is 10.6 Å². The van der Waals surface area contributed by atoms with Crippen molar-refractivity contribution in [1.82, 2.24) is 15.5 Å². The molecule has 0 bridgehead atoms. The summed E-state index contributed by atoms with van der Waals surface area (Å²) in [5.41, 5.74) is 0. The Balaban J connectivity index is 1.65. The number of likely N-dealkylation sites (tertiary alicyclic amines) is 1. The molecule has 0 aromatic rings. The number of cyclic esters (lactones) is 1. The van der Waals surface area contributed by atoms with Crippen LogP contribution in [0.2, 0.25) is 0 Å². The van der Waals surface area contributed by atoms with Crippen molar-refractivity contribution in [2.24, 2.45) is 0 Å². The zero-order chi connectivity index (χ0) is 12.3. The molecule has 2 rings (SSSR count). The highest BCUT2D eigenvalue weighted by molar-refractivity contribution is 5.69. The largest absolute Gasteiger partial charge is 0.465 e. The summed E-state index contributed by atoms with van der Waals surface area (Å²) in [7, 11) is 0. The average molecular weight is 243 g/mol. The molecule has 0 saturated carbocycles. The second-order valence-electron chi connectivity index (χ2n) is 4.36. The molecule has 2 amide bonds. The maximum Gasteiger partial charge on any atom is 0.407 e. The fourth-order valence-electron chi connectivity index (χ4n) is 2.12. The van der Waals surface area contributed by atoms with E-state index in [2.05, 4.69) is 10.6 Å². The monoisotopic (exact) mass is 243 g/mol. The predicted molar refractivity (Wildman–Crippen MR) is 58.9 cm³/mol. The molecule has 96 valence electrons. The summed E-state index contributed by atoms with van der Waals surface area (Å²) in [6.45, 7) is 2.29. The minimum atomic E-state index is -0.850. The first-order valence-electron chi connectivity index (χ1n) is 5.81. The SMILES string of the molecule is O=C1NC[C@@H](CNC2CCN(C(=O)O)CC2)O1. The van der Waals surface area contributed by atoms with Gasteiger partial charge in [0.1, 0.15) is 6.10 Å². The Bertz CT molecular complexity index is 302. The van der Waals surface area contributed by atoms with Gasteiger partial charge in [0.15, 0.2) is 0 Å². The number of hydrogen-bond acceptors (Lipinski definition) is 4. The maximum absolute atomic E-state index is 10.8. The summed E-state index contributed by atoms with van der Waals surface area (Å²) < 4.78 is 4.99. The molecule has 0 spiro atoms. The third-order valence-corrected chi connectivity index (χ3v) is 3.15. The van der Waals surface area contributed by atoms with Gasteiger partial charge >= 0.3 is 12.2 Å². The second-order valence-corrected chi connectivity index (χ2v) is 4.36. The summed E-state index contributed by atoms with van der Waals surface area (Å²) in [5.74, 6) is 0. The molecule has 0 radical (unpaired) electrons. The number of carbonyl (C=O) groups is 2. The van der Waals surface area contributed by atoms with Crippen LogP contribution in [0.4, 0.5) is 9.59 Å². The molecule has 2 heterocycles. The van der Waals surface area contributed by atoms with Gasteiger partial charge in [-0.25, -0.2) is 9.59 Å². The molecule has 0 aromatic carbocycles. The maximum atomic E-state index is 10.8. The molecule has 7 nitrogen and oxygen atoms in total. The lowest BCUT2D eigenvalue weighted by molar-refractivity contribution is 0.120. The van der Waals surface area contributed by atoms with E-state index in [1.54, 1.807) is 0 Å². The Morgan fingerprint density at radius 2 is 2.24 bits per heavy atom. The van der Waals surface area contributed by atoms with E-state index >= 15 is 0 Å². The zero-order valence-electron chi connectivity index (χ0n) is 9.52. The fourth-order valence-corrected chi connectivity index (χ4v) is 2.12. The summed E-state index contributed by atoms with van der Waals surface area (Å²) >= 11 is 0. The highest BCUT2D eigenvalue weighted by atomic mass is 16.6. The number of nitrogens with one attached hydrogen (secondary N) is 2. The third-order valence-electron chi connectivity index (χ3n) is 3.15. The Hall–Kier alpha value is -1.50. The minimum Gasteiger partial charge on any atom is -0.465 e. The molecule has 0 aromatic heterocycles. The number of amides is 2. The molecule has 1 atom stereocenters. The van der Waals surface area contributed by atoms with Crippen LogP contribution in [0.5, 0.6) is 0 Å². The zero-order valence-corrected chi connectivity index (χ0v) is 9.52. The Morgan fingerprint density at radius 1 is 1.53 bits per heavy atom. The van der Waals surface area contributed by atoms with Crippen LogP contribution in [-0.4, -0.2) is 60.5 Å². The average Bonchev–Trinajstić information content (AvgIpc) is 2.73. The lowest BCUT2D eigenvalue weighted by atomic mass is 10.1. The van der Waals surface area contributed by atoms with E-state index < -0.39 is 6.09 Å². The molecular weight excluding hydrogens is 226 g/mol. The first-order chi connectivity index (χ1) is 8.15. The highest BCUT2D eigenvalue weighted by Gasteiger charge is 2.25. The molecule has 2 aliphatic rings. The van der Waals surface area contributed by atoms with Crippen molar-refractivity contribution in [2.75, 3.05) is 26.2 Å². The van der Waals surface area contributed by atoms with Crippen LogP contribution in [0.15, 0.2) is 0 Å². The quantitative estimate of drug-likeness (QED) is 0.640. The number of ether oxygens (including phenoxy) is 1. The van der Waals surface area contributed by atoms with E-state index in [-0.39, 0.29) is 12.2 Å². The van der Waals surface area contributed by atoms with Gasteiger partial charge in [-0.2, -0.15) is 0 Å². The van der Waals surface area contributed by atoms with Gasteiger partial charge < -0.3 is 25.4 Å². The molecule has 2 saturated heterocycles. The molecule has 17 heavy (non-hydrogen) atoms. The Labute approximate surface area is 99.1 Å². The van der Waals surface area contributed by atoms with Gasteiger partial charge in [-0.3, -0.25) is 0 Å². The minimum absolute atomic E-state index is 0.111. The van der Waals surface area contributed by atoms with Crippen LogP contribution in [0.3, 0.4) is 0 Å².